The summed E-state index contributed by atoms with van der Waals surface area (Å²) in [4.78, 5) is 25.7. The molecule has 0 saturated carbocycles. The van der Waals surface area contributed by atoms with Gasteiger partial charge in [-0.05, 0) is 25.1 Å². The number of rotatable bonds is 8. The van der Waals surface area contributed by atoms with E-state index in [4.69, 9.17) is 4.74 Å². The standard InChI is InChI=1S/C18H23N3O4/c1-14-13-16(19-21(14)15-7-5-4-6-8-15)18(23)20(11-12-24-2)10-9-17(22)25-3/h4-8,13H,9-12H2,1-3H3. The number of para-hydroxylation sites is 1. The van der Waals surface area contributed by atoms with Crippen molar-refractivity contribution < 1.29 is 19.1 Å². The van der Waals surface area contributed by atoms with E-state index in [0.717, 1.165) is 11.4 Å². The Morgan fingerprint density at radius 1 is 1.16 bits per heavy atom. The Balaban J connectivity index is 2.19. The van der Waals surface area contributed by atoms with Crippen LogP contribution in [0.25, 0.3) is 5.69 Å². The SMILES string of the molecule is COCCN(CCC(=O)OC)C(=O)c1cc(C)n(-c2ccccc2)n1. The van der Waals surface area contributed by atoms with Gasteiger partial charge in [0.1, 0.15) is 0 Å². The lowest BCUT2D eigenvalue weighted by Gasteiger charge is -2.20. The summed E-state index contributed by atoms with van der Waals surface area (Å²) in [5, 5.41) is 4.42. The molecule has 1 aromatic heterocycles. The Hall–Kier alpha value is -2.67. The van der Waals surface area contributed by atoms with Gasteiger partial charge in [-0.3, -0.25) is 9.59 Å². The number of hydrogen-bond acceptors (Lipinski definition) is 5. The second-order valence-electron chi connectivity index (χ2n) is 5.53. The zero-order chi connectivity index (χ0) is 18.2. The van der Waals surface area contributed by atoms with E-state index in [9.17, 15) is 9.59 Å². The highest BCUT2D eigenvalue weighted by atomic mass is 16.5. The maximum Gasteiger partial charge on any atom is 0.307 e. The average Bonchev–Trinajstić information content (AvgIpc) is 3.03. The number of nitrogens with zero attached hydrogens (tertiary/aromatic N) is 3. The van der Waals surface area contributed by atoms with Crippen LogP contribution >= 0.6 is 0 Å². The van der Waals surface area contributed by atoms with Crippen LogP contribution in [-0.4, -0.2) is 60.5 Å². The molecule has 1 amide bonds. The maximum absolute atomic E-state index is 12.8. The molecule has 0 saturated heterocycles. The minimum atomic E-state index is -0.360. The number of aromatic nitrogens is 2. The third-order valence-electron chi connectivity index (χ3n) is 3.77. The van der Waals surface area contributed by atoms with Gasteiger partial charge < -0.3 is 14.4 Å². The summed E-state index contributed by atoms with van der Waals surface area (Å²) in [5.74, 6) is -0.597. The number of carbonyl (C=O) groups excluding carboxylic acids is 2. The van der Waals surface area contributed by atoms with Crippen LogP contribution in [0.4, 0.5) is 0 Å². The van der Waals surface area contributed by atoms with Gasteiger partial charge in [-0.1, -0.05) is 18.2 Å². The van der Waals surface area contributed by atoms with Crippen molar-refractivity contribution >= 4 is 11.9 Å². The number of hydrogen-bond donors (Lipinski definition) is 0. The van der Waals surface area contributed by atoms with Crippen LogP contribution in [0.3, 0.4) is 0 Å². The van der Waals surface area contributed by atoms with Gasteiger partial charge in [-0.15, -0.1) is 0 Å². The normalized spacial score (nSPS) is 10.5. The molecule has 7 nitrogen and oxygen atoms in total. The van der Waals surface area contributed by atoms with Crippen molar-refractivity contribution in [2.24, 2.45) is 0 Å². The second-order valence-corrected chi connectivity index (χ2v) is 5.53. The summed E-state index contributed by atoms with van der Waals surface area (Å²) in [6.45, 7) is 2.91. The van der Waals surface area contributed by atoms with E-state index >= 15 is 0 Å². The van der Waals surface area contributed by atoms with Crippen LogP contribution in [0, 0.1) is 6.92 Å². The summed E-state index contributed by atoms with van der Waals surface area (Å²) in [6, 6.07) is 11.3. The van der Waals surface area contributed by atoms with Crippen molar-refractivity contribution in [2.45, 2.75) is 13.3 Å². The number of benzene rings is 1. The van der Waals surface area contributed by atoms with E-state index in [1.54, 1.807) is 22.8 Å². The van der Waals surface area contributed by atoms with E-state index in [2.05, 4.69) is 9.84 Å². The Kier molecular flexibility index (Phi) is 6.71. The van der Waals surface area contributed by atoms with Gasteiger partial charge in [0.15, 0.2) is 5.69 Å². The summed E-state index contributed by atoms with van der Waals surface area (Å²) in [6.07, 6.45) is 0.129. The minimum Gasteiger partial charge on any atom is -0.469 e. The molecular formula is C18H23N3O4. The monoisotopic (exact) mass is 345 g/mol. The lowest BCUT2D eigenvalue weighted by Crippen LogP contribution is -2.36. The van der Waals surface area contributed by atoms with E-state index < -0.39 is 0 Å². The van der Waals surface area contributed by atoms with Gasteiger partial charge >= 0.3 is 5.97 Å². The van der Waals surface area contributed by atoms with Crippen LogP contribution in [0.15, 0.2) is 36.4 Å². The first-order valence-electron chi connectivity index (χ1n) is 8.04. The molecule has 0 N–H and O–H groups in total. The highest BCUT2D eigenvalue weighted by Crippen LogP contribution is 2.13. The zero-order valence-electron chi connectivity index (χ0n) is 14.8. The smallest absolute Gasteiger partial charge is 0.307 e. The molecule has 0 unspecified atom stereocenters. The first-order valence-corrected chi connectivity index (χ1v) is 8.04. The van der Waals surface area contributed by atoms with Crippen molar-refractivity contribution in [3.05, 3.63) is 47.8 Å². The molecule has 134 valence electrons. The van der Waals surface area contributed by atoms with Crippen molar-refractivity contribution in [3.8, 4) is 5.69 Å². The van der Waals surface area contributed by atoms with Crippen molar-refractivity contribution in [1.29, 1.82) is 0 Å². The first kappa shape index (κ1) is 18.7. The van der Waals surface area contributed by atoms with Gasteiger partial charge in [0.25, 0.3) is 5.91 Å². The molecule has 0 aliphatic heterocycles. The molecule has 7 heteroatoms. The summed E-state index contributed by atoms with van der Waals surface area (Å²) < 4.78 is 11.4. The molecule has 0 bridgehead atoms. The van der Waals surface area contributed by atoms with E-state index in [1.807, 2.05) is 37.3 Å². The molecule has 0 spiro atoms. The Labute approximate surface area is 147 Å². The quantitative estimate of drug-likeness (QED) is 0.683. The third-order valence-corrected chi connectivity index (χ3v) is 3.77. The van der Waals surface area contributed by atoms with Crippen LogP contribution < -0.4 is 0 Å². The summed E-state index contributed by atoms with van der Waals surface area (Å²) in [5.41, 5.74) is 2.08. The molecular weight excluding hydrogens is 322 g/mol. The average molecular weight is 345 g/mol. The number of aryl methyl sites for hydroxylation is 1. The molecule has 2 rings (SSSR count). The number of methoxy groups -OCH3 is 2. The molecule has 0 radical (unpaired) electrons. The minimum absolute atomic E-state index is 0.129. The van der Waals surface area contributed by atoms with E-state index in [-0.39, 0.29) is 24.8 Å². The van der Waals surface area contributed by atoms with Crippen LogP contribution in [0.2, 0.25) is 0 Å². The van der Waals surface area contributed by atoms with Gasteiger partial charge in [0.2, 0.25) is 0 Å². The fraction of sp³-hybridized carbons (Fsp3) is 0.389. The zero-order valence-corrected chi connectivity index (χ0v) is 14.8. The number of esters is 1. The van der Waals surface area contributed by atoms with E-state index in [0.29, 0.717) is 18.8 Å². The lowest BCUT2D eigenvalue weighted by molar-refractivity contribution is -0.140. The summed E-state index contributed by atoms with van der Waals surface area (Å²) in [7, 11) is 2.89. The highest BCUT2D eigenvalue weighted by molar-refractivity contribution is 5.92. The van der Waals surface area contributed by atoms with Gasteiger partial charge in [-0.2, -0.15) is 5.10 Å². The van der Waals surface area contributed by atoms with Gasteiger partial charge in [0, 0.05) is 25.9 Å². The molecule has 0 fully saturated rings. The third kappa shape index (κ3) is 4.90. The van der Waals surface area contributed by atoms with Crippen molar-refractivity contribution in [1.82, 2.24) is 14.7 Å². The molecule has 25 heavy (non-hydrogen) atoms. The largest absolute Gasteiger partial charge is 0.469 e. The maximum atomic E-state index is 12.8. The molecule has 0 atom stereocenters. The number of carbonyl (C=O) groups is 2. The topological polar surface area (TPSA) is 73.7 Å². The molecule has 1 aromatic carbocycles. The molecule has 2 aromatic rings. The molecule has 0 aliphatic rings. The number of amides is 1. The van der Waals surface area contributed by atoms with E-state index in [1.165, 1.54) is 7.11 Å². The van der Waals surface area contributed by atoms with Crippen LogP contribution in [-0.2, 0) is 14.3 Å². The Morgan fingerprint density at radius 3 is 2.52 bits per heavy atom. The van der Waals surface area contributed by atoms with Crippen LogP contribution in [0.1, 0.15) is 22.6 Å². The second kappa shape index (κ2) is 8.98. The Morgan fingerprint density at radius 2 is 1.88 bits per heavy atom. The fourth-order valence-corrected chi connectivity index (χ4v) is 2.42. The predicted molar refractivity (Wildman–Crippen MR) is 92.7 cm³/mol. The fourth-order valence-electron chi connectivity index (χ4n) is 2.42. The highest BCUT2D eigenvalue weighted by Gasteiger charge is 2.21. The van der Waals surface area contributed by atoms with Crippen LogP contribution in [0.5, 0.6) is 0 Å². The Bertz CT molecular complexity index is 712. The molecule has 0 aliphatic carbocycles. The summed E-state index contributed by atoms with van der Waals surface area (Å²) >= 11 is 0. The number of ether oxygens (including phenoxy) is 2. The van der Waals surface area contributed by atoms with Gasteiger partial charge in [-0.25, -0.2) is 4.68 Å². The predicted octanol–water partition coefficient (Wildman–Crippen LogP) is 1.83. The lowest BCUT2D eigenvalue weighted by atomic mass is 10.3. The first-order chi connectivity index (χ1) is 12.1. The van der Waals surface area contributed by atoms with Crippen molar-refractivity contribution in [3.63, 3.8) is 0 Å². The van der Waals surface area contributed by atoms with Crippen molar-refractivity contribution in [2.75, 3.05) is 33.9 Å². The van der Waals surface area contributed by atoms with Gasteiger partial charge in [0.05, 0.1) is 25.8 Å². The molecule has 1 heterocycles.